The van der Waals surface area contributed by atoms with E-state index in [-0.39, 0.29) is 17.9 Å². The summed E-state index contributed by atoms with van der Waals surface area (Å²) in [5.74, 6) is 0.0264. The van der Waals surface area contributed by atoms with Crippen molar-refractivity contribution in [1.82, 2.24) is 14.7 Å². The minimum atomic E-state index is -0.454. The van der Waals surface area contributed by atoms with Gasteiger partial charge in [-0.15, -0.1) is 0 Å². The number of aromatic nitrogens is 2. The summed E-state index contributed by atoms with van der Waals surface area (Å²) in [5, 5.41) is 4.16. The average molecular weight is 305 g/mol. The molecule has 0 bridgehead atoms. The summed E-state index contributed by atoms with van der Waals surface area (Å²) in [6.07, 6.45) is 6.69. The van der Waals surface area contributed by atoms with E-state index in [0.717, 1.165) is 31.4 Å². The van der Waals surface area contributed by atoms with Gasteiger partial charge >= 0.3 is 5.97 Å². The van der Waals surface area contributed by atoms with Crippen LogP contribution >= 0.6 is 0 Å². The largest absolute Gasteiger partial charge is 0.467 e. The van der Waals surface area contributed by atoms with Crippen molar-refractivity contribution in [3.05, 3.63) is 17.5 Å². The Kier molecular flexibility index (Phi) is 3.93. The predicted octanol–water partition coefficient (Wildman–Crippen LogP) is 1.67. The zero-order valence-corrected chi connectivity index (χ0v) is 13.4. The third kappa shape index (κ3) is 2.30. The molecule has 2 fully saturated rings. The number of amides is 1. The fraction of sp³-hybridized carbons (Fsp3) is 0.688. The van der Waals surface area contributed by atoms with Crippen LogP contribution in [0.15, 0.2) is 6.20 Å². The molecule has 0 radical (unpaired) electrons. The molecule has 0 unspecified atom stereocenters. The van der Waals surface area contributed by atoms with Gasteiger partial charge in [0.15, 0.2) is 0 Å². The van der Waals surface area contributed by atoms with E-state index in [4.69, 9.17) is 4.74 Å². The van der Waals surface area contributed by atoms with Crippen LogP contribution in [0.1, 0.15) is 48.2 Å². The molecule has 6 heteroatoms. The number of rotatable bonds is 2. The first kappa shape index (κ1) is 15.1. The van der Waals surface area contributed by atoms with Crippen LogP contribution in [0, 0.1) is 12.8 Å². The second kappa shape index (κ2) is 5.74. The minimum Gasteiger partial charge on any atom is -0.467 e. The van der Waals surface area contributed by atoms with Gasteiger partial charge in [0.25, 0.3) is 5.91 Å². The number of fused-ring (bicyclic) bond motifs is 1. The van der Waals surface area contributed by atoms with Crippen LogP contribution in [0.25, 0.3) is 0 Å². The first-order valence-corrected chi connectivity index (χ1v) is 7.93. The summed E-state index contributed by atoms with van der Waals surface area (Å²) in [4.78, 5) is 27.0. The third-order valence-corrected chi connectivity index (χ3v) is 5.26. The molecule has 1 aromatic heterocycles. The van der Waals surface area contributed by atoms with Gasteiger partial charge in [-0.1, -0.05) is 12.8 Å². The highest BCUT2D eigenvalue weighted by atomic mass is 16.5. The Morgan fingerprint density at radius 2 is 2.05 bits per heavy atom. The molecule has 2 heterocycles. The molecular formula is C16H23N3O3. The predicted molar refractivity (Wildman–Crippen MR) is 80.3 cm³/mol. The Morgan fingerprint density at radius 3 is 2.68 bits per heavy atom. The van der Waals surface area contributed by atoms with Crippen LogP contribution in [0.2, 0.25) is 0 Å². The lowest BCUT2D eigenvalue weighted by molar-refractivity contribution is -0.145. The molecule has 2 aliphatic rings. The van der Waals surface area contributed by atoms with Gasteiger partial charge < -0.3 is 9.64 Å². The highest BCUT2D eigenvalue weighted by Crippen LogP contribution is 2.40. The fourth-order valence-electron chi connectivity index (χ4n) is 3.95. The van der Waals surface area contributed by atoms with Crippen molar-refractivity contribution >= 4 is 11.9 Å². The number of esters is 1. The van der Waals surface area contributed by atoms with Gasteiger partial charge in [-0.25, -0.2) is 4.79 Å². The summed E-state index contributed by atoms with van der Waals surface area (Å²) in [6, 6.07) is -0.296. The Labute approximate surface area is 130 Å². The quantitative estimate of drug-likeness (QED) is 0.780. The molecule has 1 amide bonds. The highest BCUT2D eigenvalue weighted by molar-refractivity contribution is 5.98. The normalized spacial score (nSPS) is 27.6. The van der Waals surface area contributed by atoms with E-state index in [9.17, 15) is 9.59 Å². The van der Waals surface area contributed by atoms with E-state index in [0.29, 0.717) is 11.5 Å². The van der Waals surface area contributed by atoms with E-state index in [1.54, 1.807) is 15.8 Å². The van der Waals surface area contributed by atoms with Crippen LogP contribution in [-0.4, -0.2) is 45.8 Å². The van der Waals surface area contributed by atoms with Crippen molar-refractivity contribution < 1.29 is 14.3 Å². The van der Waals surface area contributed by atoms with Crippen LogP contribution in [-0.2, 0) is 16.6 Å². The summed E-state index contributed by atoms with van der Waals surface area (Å²) in [5.41, 5.74) is 1.41. The molecule has 120 valence electrons. The van der Waals surface area contributed by atoms with Crippen molar-refractivity contribution in [1.29, 1.82) is 0 Å². The molecule has 0 aromatic carbocycles. The average Bonchev–Trinajstić information content (AvgIpc) is 3.07. The molecule has 1 aromatic rings. The first-order chi connectivity index (χ1) is 10.5. The van der Waals surface area contributed by atoms with Gasteiger partial charge in [0.05, 0.1) is 18.9 Å². The van der Waals surface area contributed by atoms with Crippen molar-refractivity contribution in [3.63, 3.8) is 0 Å². The highest BCUT2D eigenvalue weighted by Gasteiger charge is 2.48. The molecule has 1 saturated heterocycles. The molecule has 1 aliphatic carbocycles. The topological polar surface area (TPSA) is 64.4 Å². The fourth-order valence-corrected chi connectivity index (χ4v) is 3.95. The number of aryl methyl sites for hydroxylation is 1. The summed E-state index contributed by atoms with van der Waals surface area (Å²) in [6.45, 7) is 1.88. The van der Waals surface area contributed by atoms with Gasteiger partial charge in [0.1, 0.15) is 6.04 Å². The number of carbonyl (C=O) groups excluding carboxylic acids is 2. The van der Waals surface area contributed by atoms with Crippen molar-refractivity contribution in [3.8, 4) is 0 Å². The van der Waals surface area contributed by atoms with Crippen LogP contribution in [0.3, 0.4) is 0 Å². The summed E-state index contributed by atoms with van der Waals surface area (Å²) in [7, 11) is 3.21. The number of hydrogen-bond acceptors (Lipinski definition) is 4. The van der Waals surface area contributed by atoms with Gasteiger partial charge in [-0.2, -0.15) is 5.10 Å². The number of ether oxygens (including phenoxy) is 1. The van der Waals surface area contributed by atoms with Crippen molar-refractivity contribution in [2.24, 2.45) is 13.0 Å². The molecule has 3 rings (SSSR count). The lowest BCUT2D eigenvalue weighted by Crippen LogP contribution is -2.46. The van der Waals surface area contributed by atoms with Crippen LogP contribution in [0.5, 0.6) is 0 Å². The Balaban J connectivity index is 1.94. The third-order valence-electron chi connectivity index (χ3n) is 5.26. The van der Waals surface area contributed by atoms with Gasteiger partial charge in [-0.3, -0.25) is 9.48 Å². The molecule has 6 nitrogen and oxygen atoms in total. The molecular weight excluding hydrogens is 282 g/mol. The molecule has 1 aliphatic heterocycles. The summed E-state index contributed by atoms with van der Waals surface area (Å²) < 4.78 is 6.63. The van der Waals surface area contributed by atoms with E-state index >= 15 is 0 Å². The Bertz CT molecular complexity index is 595. The number of likely N-dealkylation sites (tertiary alicyclic amines) is 1. The molecule has 22 heavy (non-hydrogen) atoms. The maximum absolute atomic E-state index is 13.0. The monoisotopic (exact) mass is 305 g/mol. The molecule has 3 atom stereocenters. The van der Waals surface area contributed by atoms with Gasteiger partial charge in [0.2, 0.25) is 0 Å². The molecule has 0 N–H and O–H groups in total. The Hall–Kier alpha value is -1.85. The van der Waals surface area contributed by atoms with Crippen molar-refractivity contribution in [2.75, 3.05) is 7.11 Å². The van der Waals surface area contributed by atoms with Crippen LogP contribution in [0.4, 0.5) is 0 Å². The van der Waals surface area contributed by atoms with Gasteiger partial charge in [0, 0.05) is 18.8 Å². The molecule has 1 saturated carbocycles. The maximum Gasteiger partial charge on any atom is 0.328 e. The minimum absolute atomic E-state index is 0.0876. The van der Waals surface area contributed by atoms with E-state index in [1.165, 1.54) is 13.5 Å². The number of methoxy groups -OCH3 is 1. The summed E-state index contributed by atoms with van der Waals surface area (Å²) >= 11 is 0. The number of nitrogens with zero attached hydrogens (tertiary/aromatic N) is 3. The second-order valence-corrected chi connectivity index (χ2v) is 6.37. The zero-order valence-electron chi connectivity index (χ0n) is 13.4. The SMILES string of the molecule is COC(=O)[C@@H]1C[C@H]2CCCC[C@H]2N1C(=O)c1cnn(C)c1C. The smallest absolute Gasteiger partial charge is 0.328 e. The first-order valence-electron chi connectivity index (χ1n) is 7.93. The number of hydrogen-bond donors (Lipinski definition) is 0. The van der Waals surface area contributed by atoms with Crippen LogP contribution < -0.4 is 0 Å². The zero-order chi connectivity index (χ0) is 15.9. The van der Waals surface area contributed by atoms with E-state index < -0.39 is 6.04 Å². The van der Waals surface area contributed by atoms with Crippen molar-refractivity contribution in [2.45, 2.75) is 51.1 Å². The second-order valence-electron chi connectivity index (χ2n) is 6.37. The lowest BCUT2D eigenvalue weighted by atomic mass is 9.84. The number of carbonyl (C=O) groups is 2. The van der Waals surface area contributed by atoms with E-state index in [1.807, 2.05) is 14.0 Å². The van der Waals surface area contributed by atoms with E-state index in [2.05, 4.69) is 5.10 Å². The standard InChI is InChI=1S/C16H23N3O3/c1-10-12(9-17-18(10)2)15(20)19-13-7-5-4-6-11(13)8-14(19)16(21)22-3/h9,11,13-14H,4-8H2,1-3H3/t11-,13-,14+/m1/s1. The lowest BCUT2D eigenvalue weighted by Gasteiger charge is -2.33. The maximum atomic E-state index is 13.0. The Morgan fingerprint density at radius 1 is 1.32 bits per heavy atom. The van der Waals surface area contributed by atoms with Gasteiger partial charge in [-0.05, 0) is 32.1 Å². The molecule has 0 spiro atoms.